The van der Waals surface area contributed by atoms with Crippen LogP contribution in [-0.2, 0) is 0 Å². The van der Waals surface area contributed by atoms with Gasteiger partial charge in [-0.1, -0.05) is 23.7 Å². The van der Waals surface area contributed by atoms with Crippen molar-refractivity contribution in [2.45, 2.75) is 0 Å². The summed E-state index contributed by atoms with van der Waals surface area (Å²) in [5, 5.41) is 17.3. The lowest BCUT2D eigenvalue weighted by Crippen LogP contribution is -2.03. The number of hydrogen-bond acceptors (Lipinski definition) is 5. The Bertz CT molecular complexity index is 1190. The summed E-state index contributed by atoms with van der Waals surface area (Å²) < 4.78 is 13.7. The standard InChI is InChI=1S/C18H10ClFN6/c19-13-6-10(4-11-8-23-26-15(11)13)17-16(9-2-1-3-12(20)5-9)25-18(22)14(7-21)24-17/h1-6,8H,(H2,22,25)(H,23,26). The Morgan fingerprint density at radius 2 is 1.92 bits per heavy atom. The Morgan fingerprint density at radius 1 is 1.12 bits per heavy atom. The fraction of sp³-hybridized carbons (Fsp3) is 0. The second-order valence-electron chi connectivity index (χ2n) is 5.57. The molecule has 0 saturated carbocycles. The molecule has 6 nitrogen and oxygen atoms in total. The van der Waals surface area contributed by atoms with E-state index in [-0.39, 0.29) is 11.5 Å². The van der Waals surface area contributed by atoms with E-state index in [1.807, 2.05) is 12.1 Å². The molecule has 0 radical (unpaired) electrons. The fourth-order valence-electron chi connectivity index (χ4n) is 2.72. The molecule has 4 rings (SSSR count). The third kappa shape index (κ3) is 2.62. The zero-order valence-corrected chi connectivity index (χ0v) is 13.9. The summed E-state index contributed by atoms with van der Waals surface area (Å²) in [5.41, 5.74) is 8.36. The van der Waals surface area contributed by atoms with E-state index in [0.717, 1.165) is 5.39 Å². The monoisotopic (exact) mass is 364 g/mol. The SMILES string of the molecule is N#Cc1nc(-c2cc(Cl)c3[nH]ncc3c2)c(-c2cccc(F)c2)nc1N. The first kappa shape index (κ1) is 16.0. The number of fused-ring (bicyclic) bond motifs is 1. The van der Waals surface area contributed by atoms with Crippen molar-refractivity contribution in [2.75, 3.05) is 5.73 Å². The van der Waals surface area contributed by atoms with Crippen molar-refractivity contribution < 1.29 is 4.39 Å². The van der Waals surface area contributed by atoms with Crippen molar-refractivity contribution in [2.24, 2.45) is 0 Å². The van der Waals surface area contributed by atoms with Gasteiger partial charge in [0, 0.05) is 16.5 Å². The van der Waals surface area contributed by atoms with Crippen molar-refractivity contribution >= 4 is 28.3 Å². The average molecular weight is 365 g/mol. The number of nitriles is 1. The summed E-state index contributed by atoms with van der Waals surface area (Å²) in [6.07, 6.45) is 1.63. The van der Waals surface area contributed by atoms with Crippen molar-refractivity contribution in [1.82, 2.24) is 20.2 Å². The molecule has 0 bridgehead atoms. The second-order valence-corrected chi connectivity index (χ2v) is 5.98. The van der Waals surface area contributed by atoms with Crippen LogP contribution in [0.15, 0.2) is 42.6 Å². The quantitative estimate of drug-likeness (QED) is 0.560. The van der Waals surface area contributed by atoms with Gasteiger partial charge < -0.3 is 5.73 Å². The highest BCUT2D eigenvalue weighted by molar-refractivity contribution is 6.35. The largest absolute Gasteiger partial charge is 0.381 e. The highest BCUT2D eigenvalue weighted by atomic mass is 35.5. The number of nitrogens with one attached hydrogen (secondary N) is 1. The number of halogens is 2. The van der Waals surface area contributed by atoms with E-state index < -0.39 is 5.82 Å². The molecule has 0 aliphatic rings. The van der Waals surface area contributed by atoms with Gasteiger partial charge in [-0.15, -0.1) is 0 Å². The van der Waals surface area contributed by atoms with E-state index in [1.165, 1.54) is 12.1 Å². The summed E-state index contributed by atoms with van der Waals surface area (Å²) in [7, 11) is 0. The highest BCUT2D eigenvalue weighted by Gasteiger charge is 2.17. The number of nitrogens with zero attached hydrogens (tertiary/aromatic N) is 4. The minimum absolute atomic E-state index is 0.0106. The lowest BCUT2D eigenvalue weighted by Gasteiger charge is -2.11. The van der Waals surface area contributed by atoms with Gasteiger partial charge in [-0.25, -0.2) is 14.4 Å². The molecule has 2 heterocycles. The molecule has 4 aromatic rings. The van der Waals surface area contributed by atoms with Gasteiger partial charge in [-0.3, -0.25) is 5.10 Å². The Labute approximate surface area is 152 Å². The van der Waals surface area contributed by atoms with Crippen LogP contribution < -0.4 is 5.73 Å². The first-order valence-corrected chi connectivity index (χ1v) is 7.91. The number of hydrogen-bond donors (Lipinski definition) is 2. The van der Waals surface area contributed by atoms with Crippen LogP contribution in [0, 0.1) is 17.1 Å². The number of anilines is 1. The topological polar surface area (TPSA) is 104 Å². The van der Waals surface area contributed by atoms with Crippen LogP contribution in [0.3, 0.4) is 0 Å². The lowest BCUT2D eigenvalue weighted by atomic mass is 10.0. The molecule has 26 heavy (non-hydrogen) atoms. The van der Waals surface area contributed by atoms with E-state index in [1.54, 1.807) is 24.4 Å². The third-order valence-electron chi connectivity index (χ3n) is 3.90. The molecule has 8 heteroatoms. The smallest absolute Gasteiger partial charge is 0.183 e. The van der Waals surface area contributed by atoms with Gasteiger partial charge in [0.05, 0.1) is 28.1 Å². The van der Waals surface area contributed by atoms with Gasteiger partial charge in [0.1, 0.15) is 11.9 Å². The predicted octanol–water partition coefficient (Wildman–Crippen LogP) is 3.93. The number of nitrogen functional groups attached to an aromatic ring is 1. The van der Waals surface area contributed by atoms with Crippen LogP contribution in [0.5, 0.6) is 0 Å². The fourth-order valence-corrected chi connectivity index (χ4v) is 2.99. The van der Waals surface area contributed by atoms with Gasteiger partial charge in [0.15, 0.2) is 11.5 Å². The minimum atomic E-state index is -0.415. The normalized spacial score (nSPS) is 10.8. The summed E-state index contributed by atoms with van der Waals surface area (Å²) in [6.45, 7) is 0. The number of aromatic amines is 1. The average Bonchev–Trinajstić information content (AvgIpc) is 3.10. The van der Waals surface area contributed by atoms with Crippen molar-refractivity contribution in [1.29, 1.82) is 5.26 Å². The molecule has 2 aromatic heterocycles. The minimum Gasteiger partial charge on any atom is -0.381 e. The Balaban J connectivity index is 2.03. The molecule has 126 valence electrons. The number of H-pyrrole nitrogens is 1. The number of nitrogens with two attached hydrogens (primary N) is 1. The maximum atomic E-state index is 13.7. The molecular weight excluding hydrogens is 355 g/mol. The summed E-state index contributed by atoms with van der Waals surface area (Å²) in [6, 6.07) is 11.3. The summed E-state index contributed by atoms with van der Waals surface area (Å²) in [4.78, 5) is 8.63. The highest BCUT2D eigenvalue weighted by Crippen LogP contribution is 2.34. The Morgan fingerprint density at radius 3 is 2.69 bits per heavy atom. The third-order valence-corrected chi connectivity index (χ3v) is 4.20. The number of benzene rings is 2. The maximum Gasteiger partial charge on any atom is 0.183 e. The molecule has 0 atom stereocenters. The molecule has 0 saturated heterocycles. The van der Waals surface area contributed by atoms with Gasteiger partial charge in [-0.2, -0.15) is 10.4 Å². The molecular formula is C18H10ClFN6. The maximum absolute atomic E-state index is 13.7. The van der Waals surface area contributed by atoms with E-state index in [9.17, 15) is 9.65 Å². The van der Waals surface area contributed by atoms with E-state index >= 15 is 0 Å². The van der Waals surface area contributed by atoms with Gasteiger partial charge in [-0.05, 0) is 24.3 Å². The molecule has 3 N–H and O–H groups in total. The first-order chi connectivity index (χ1) is 12.6. The molecule has 0 aliphatic heterocycles. The van der Waals surface area contributed by atoms with Crippen LogP contribution in [0.25, 0.3) is 33.4 Å². The van der Waals surface area contributed by atoms with Crippen molar-refractivity contribution in [3.8, 4) is 28.6 Å². The molecule has 0 spiro atoms. The zero-order valence-electron chi connectivity index (χ0n) is 13.2. The summed E-state index contributed by atoms with van der Waals surface area (Å²) in [5.74, 6) is -0.438. The Hall–Kier alpha value is -3.50. The van der Waals surface area contributed by atoms with Crippen LogP contribution >= 0.6 is 11.6 Å². The molecule has 2 aromatic carbocycles. The van der Waals surface area contributed by atoms with Gasteiger partial charge >= 0.3 is 0 Å². The van der Waals surface area contributed by atoms with Crippen molar-refractivity contribution in [3.63, 3.8) is 0 Å². The van der Waals surface area contributed by atoms with Crippen LogP contribution in [0.1, 0.15) is 5.69 Å². The second kappa shape index (κ2) is 6.10. The van der Waals surface area contributed by atoms with Gasteiger partial charge in [0.25, 0.3) is 0 Å². The molecule has 0 aliphatic carbocycles. The number of rotatable bonds is 2. The van der Waals surface area contributed by atoms with Gasteiger partial charge in [0.2, 0.25) is 0 Å². The van der Waals surface area contributed by atoms with E-state index in [0.29, 0.717) is 33.1 Å². The Kier molecular flexibility index (Phi) is 3.75. The summed E-state index contributed by atoms with van der Waals surface area (Å²) >= 11 is 6.31. The predicted molar refractivity (Wildman–Crippen MR) is 96.7 cm³/mol. The van der Waals surface area contributed by atoms with Crippen LogP contribution in [0.4, 0.5) is 10.2 Å². The zero-order chi connectivity index (χ0) is 18.3. The first-order valence-electron chi connectivity index (χ1n) is 7.53. The van der Waals surface area contributed by atoms with Crippen LogP contribution in [-0.4, -0.2) is 20.2 Å². The molecule has 0 fully saturated rings. The van der Waals surface area contributed by atoms with Crippen LogP contribution in [0.2, 0.25) is 5.02 Å². The number of aromatic nitrogens is 4. The van der Waals surface area contributed by atoms with Crippen molar-refractivity contribution in [3.05, 3.63) is 59.1 Å². The lowest BCUT2D eigenvalue weighted by molar-refractivity contribution is 0.628. The van der Waals surface area contributed by atoms with E-state index in [4.69, 9.17) is 17.3 Å². The molecule has 0 unspecified atom stereocenters. The molecule has 0 amide bonds. The van der Waals surface area contributed by atoms with E-state index in [2.05, 4.69) is 20.2 Å².